The van der Waals surface area contributed by atoms with Crippen LogP contribution in [0.5, 0.6) is 0 Å². The van der Waals surface area contributed by atoms with Crippen LogP contribution in [0.2, 0.25) is 0 Å². The first-order valence-electron chi connectivity index (χ1n) is 9.09. The van der Waals surface area contributed by atoms with Crippen molar-refractivity contribution in [3.05, 3.63) is 59.8 Å². The molecule has 2 aromatic carbocycles. The van der Waals surface area contributed by atoms with Crippen molar-refractivity contribution in [1.82, 2.24) is 4.57 Å². The molecule has 0 radical (unpaired) electrons. The maximum atomic E-state index is 13.0. The summed E-state index contributed by atoms with van der Waals surface area (Å²) in [6.07, 6.45) is 4.07. The van der Waals surface area contributed by atoms with Crippen LogP contribution in [0.15, 0.2) is 48.7 Å². The fourth-order valence-corrected chi connectivity index (χ4v) is 3.74. The molecule has 2 heterocycles. The van der Waals surface area contributed by atoms with Crippen LogP contribution in [0.3, 0.4) is 0 Å². The standard InChI is InChI=1S/C21H22N4O2/c1-24-13-16(15-6-2-3-7-18(15)24)21(27)23-17-12-14(20(22)26)8-9-19(17)25-10-4-5-11-25/h2-3,6-9,12-13H,4-5,10-11H2,1H3,(H2,22,26)(H,23,27). The molecule has 0 unspecified atom stereocenters. The molecular formula is C21H22N4O2. The van der Waals surface area contributed by atoms with Crippen LogP contribution >= 0.6 is 0 Å². The van der Waals surface area contributed by atoms with E-state index >= 15 is 0 Å². The van der Waals surface area contributed by atoms with Gasteiger partial charge in [-0.3, -0.25) is 9.59 Å². The van der Waals surface area contributed by atoms with E-state index in [1.807, 2.05) is 48.1 Å². The number of amides is 2. The number of nitrogens with one attached hydrogen (secondary N) is 1. The van der Waals surface area contributed by atoms with Gasteiger partial charge in [-0.15, -0.1) is 0 Å². The number of hydrogen-bond donors (Lipinski definition) is 2. The summed E-state index contributed by atoms with van der Waals surface area (Å²) in [6, 6.07) is 13.0. The monoisotopic (exact) mass is 362 g/mol. The first-order chi connectivity index (χ1) is 13.0. The van der Waals surface area contributed by atoms with Crippen LogP contribution in [-0.4, -0.2) is 29.5 Å². The third-order valence-corrected chi connectivity index (χ3v) is 5.12. The Morgan fingerprint density at radius 1 is 1.07 bits per heavy atom. The number of benzene rings is 2. The molecular weight excluding hydrogens is 340 g/mol. The number of carbonyl (C=O) groups is 2. The number of fused-ring (bicyclic) bond motifs is 1. The highest BCUT2D eigenvalue weighted by atomic mass is 16.2. The van der Waals surface area contributed by atoms with Crippen LogP contribution < -0.4 is 16.0 Å². The Morgan fingerprint density at radius 2 is 1.81 bits per heavy atom. The second kappa shape index (κ2) is 6.79. The molecule has 6 nitrogen and oxygen atoms in total. The van der Waals surface area contributed by atoms with Crippen LogP contribution in [0.4, 0.5) is 11.4 Å². The molecule has 1 aliphatic rings. The molecule has 1 saturated heterocycles. The van der Waals surface area contributed by atoms with E-state index in [0.717, 1.165) is 42.5 Å². The van der Waals surface area contributed by atoms with E-state index in [4.69, 9.17) is 5.73 Å². The van der Waals surface area contributed by atoms with Crippen molar-refractivity contribution in [2.75, 3.05) is 23.3 Å². The Morgan fingerprint density at radius 3 is 2.56 bits per heavy atom. The highest BCUT2D eigenvalue weighted by Crippen LogP contribution is 2.31. The minimum atomic E-state index is -0.511. The first kappa shape index (κ1) is 17.1. The number of anilines is 2. The summed E-state index contributed by atoms with van der Waals surface area (Å²) in [4.78, 5) is 26.9. The zero-order chi connectivity index (χ0) is 19.0. The summed E-state index contributed by atoms with van der Waals surface area (Å²) in [5, 5.41) is 3.90. The zero-order valence-corrected chi connectivity index (χ0v) is 15.2. The van der Waals surface area contributed by atoms with Crippen molar-refractivity contribution in [2.24, 2.45) is 12.8 Å². The molecule has 6 heteroatoms. The molecule has 0 spiro atoms. The van der Waals surface area contributed by atoms with Gasteiger partial charge in [-0.25, -0.2) is 0 Å². The Bertz CT molecular complexity index is 1030. The lowest BCUT2D eigenvalue weighted by Crippen LogP contribution is -2.22. The average Bonchev–Trinajstić information content (AvgIpc) is 3.30. The smallest absolute Gasteiger partial charge is 0.257 e. The highest BCUT2D eigenvalue weighted by Gasteiger charge is 2.20. The van der Waals surface area contributed by atoms with Gasteiger partial charge in [-0.1, -0.05) is 18.2 Å². The molecule has 0 bridgehead atoms. The summed E-state index contributed by atoms with van der Waals surface area (Å²) in [7, 11) is 1.92. The Hall–Kier alpha value is -3.28. The number of aromatic nitrogens is 1. The SMILES string of the molecule is Cn1cc(C(=O)Nc2cc(C(N)=O)ccc2N2CCCC2)c2ccccc21. The van der Waals surface area contributed by atoms with Gasteiger partial charge >= 0.3 is 0 Å². The minimum Gasteiger partial charge on any atom is -0.370 e. The minimum absolute atomic E-state index is 0.200. The maximum absolute atomic E-state index is 13.0. The quantitative estimate of drug-likeness (QED) is 0.748. The number of primary amides is 1. The van der Waals surface area contributed by atoms with E-state index in [0.29, 0.717) is 16.8 Å². The van der Waals surface area contributed by atoms with E-state index in [1.165, 1.54) is 0 Å². The van der Waals surface area contributed by atoms with Gasteiger partial charge in [0.2, 0.25) is 5.91 Å². The van der Waals surface area contributed by atoms with Crippen molar-refractivity contribution in [2.45, 2.75) is 12.8 Å². The van der Waals surface area contributed by atoms with Crippen molar-refractivity contribution in [1.29, 1.82) is 0 Å². The van der Waals surface area contributed by atoms with Gasteiger partial charge in [0.1, 0.15) is 0 Å². The van der Waals surface area contributed by atoms with Gasteiger partial charge in [-0.05, 0) is 37.1 Å². The van der Waals surface area contributed by atoms with Crippen molar-refractivity contribution in [3.63, 3.8) is 0 Å². The number of para-hydroxylation sites is 1. The number of carbonyl (C=O) groups excluding carboxylic acids is 2. The van der Waals surface area contributed by atoms with E-state index in [1.54, 1.807) is 12.1 Å². The predicted molar refractivity (Wildman–Crippen MR) is 107 cm³/mol. The number of hydrogen-bond acceptors (Lipinski definition) is 3. The molecule has 1 fully saturated rings. The second-order valence-electron chi connectivity index (χ2n) is 6.92. The molecule has 27 heavy (non-hydrogen) atoms. The van der Waals surface area contributed by atoms with Gasteiger partial charge in [0.25, 0.3) is 5.91 Å². The summed E-state index contributed by atoms with van der Waals surface area (Å²) in [6.45, 7) is 1.88. The Balaban J connectivity index is 1.72. The van der Waals surface area contributed by atoms with E-state index in [-0.39, 0.29) is 5.91 Å². The van der Waals surface area contributed by atoms with Crippen molar-refractivity contribution < 1.29 is 9.59 Å². The lowest BCUT2D eigenvalue weighted by Gasteiger charge is -2.22. The summed E-state index contributed by atoms with van der Waals surface area (Å²) >= 11 is 0. The molecule has 1 aliphatic heterocycles. The molecule has 0 atom stereocenters. The predicted octanol–water partition coefficient (Wildman–Crippen LogP) is 3.13. The highest BCUT2D eigenvalue weighted by molar-refractivity contribution is 6.14. The number of nitrogens with two attached hydrogens (primary N) is 1. The van der Waals surface area contributed by atoms with Gasteiger partial charge in [0.15, 0.2) is 0 Å². The van der Waals surface area contributed by atoms with Crippen molar-refractivity contribution >= 4 is 34.1 Å². The molecule has 0 aliphatic carbocycles. The molecule has 138 valence electrons. The first-order valence-corrected chi connectivity index (χ1v) is 9.09. The lowest BCUT2D eigenvalue weighted by molar-refractivity contribution is 0.0996. The third-order valence-electron chi connectivity index (χ3n) is 5.12. The van der Waals surface area contributed by atoms with E-state index < -0.39 is 5.91 Å². The van der Waals surface area contributed by atoms with Gasteiger partial charge < -0.3 is 20.5 Å². The van der Waals surface area contributed by atoms with Gasteiger partial charge in [-0.2, -0.15) is 0 Å². The van der Waals surface area contributed by atoms with Crippen LogP contribution in [0.1, 0.15) is 33.6 Å². The summed E-state index contributed by atoms with van der Waals surface area (Å²) in [5.74, 6) is -0.711. The average molecular weight is 362 g/mol. The molecule has 1 aromatic heterocycles. The van der Waals surface area contributed by atoms with Crippen molar-refractivity contribution in [3.8, 4) is 0 Å². The fourth-order valence-electron chi connectivity index (χ4n) is 3.74. The molecule has 0 saturated carbocycles. The molecule has 3 aromatic rings. The van der Waals surface area contributed by atoms with E-state index in [2.05, 4.69) is 10.2 Å². The van der Waals surface area contributed by atoms with Crippen LogP contribution in [-0.2, 0) is 7.05 Å². The normalized spacial score (nSPS) is 13.9. The van der Waals surface area contributed by atoms with Gasteiger partial charge in [0, 0.05) is 42.8 Å². The fraction of sp³-hybridized carbons (Fsp3) is 0.238. The maximum Gasteiger partial charge on any atom is 0.257 e. The number of rotatable bonds is 4. The zero-order valence-electron chi connectivity index (χ0n) is 15.2. The van der Waals surface area contributed by atoms with Crippen LogP contribution in [0.25, 0.3) is 10.9 Å². The Kier molecular flexibility index (Phi) is 4.32. The molecule has 4 rings (SSSR count). The number of aryl methyl sites for hydroxylation is 1. The van der Waals surface area contributed by atoms with Crippen LogP contribution in [0, 0.1) is 0 Å². The summed E-state index contributed by atoms with van der Waals surface area (Å²) < 4.78 is 1.94. The van der Waals surface area contributed by atoms with Gasteiger partial charge in [0.05, 0.1) is 16.9 Å². The lowest BCUT2D eigenvalue weighted by atomic mass is 10.1. The van der Waals surface area contributed by atoms with E-state index in [9.17, 15) is 9.59 Å². The largest absolute Gasteiger partial charge is 0.370 e. The Labute approximate surface area is 157 Å². The second-order valence-corrected chi connectivity index (χ2v) is 6.92. The number of nitrogens with zero attached hydrogens (tertiary/aromatic N) is 2. The summed E-state index contributed by atoms with van der Waals surface area (Å²) in [5.41, 5.74) is 8.95. The third kappa shape index (κ3) is 3.14. The topological polar surface area (TPSA) is 80.4 Å². The molecule has 3 N–H and O–H groups in total. The molecule has 2 amide bonds.